The molecule has 154 valence electrons. The van der Waals surface area contributed by atoms with Crippen molar-refractivity contribution >= 4 is 17.6 Å². The fourth-order valence-corrected chi connectivity index (χ4v) is 3.29. The lowest BCUT2D eigenvalue weighted by atomic mass is 10.1. The van der Waals surface area contributed by atoms with E-state index >= 15 is 0 Å². The average Bonchev–Trinajstić information content (AvgIpc) is 2.78. The molecule has 7 heteroatoms. The summed E-state index contributed by atoms with van der Waals surface area (Å²) >= 11 is 0. The Bertz CT molecular complexity index is 832. The van der Waals surface area contributed by atoms with Gasteiger partial charge in [0.2, 0.25) is 0 Å². The zero-order chi connectivity index (χ0) is 20.6. The molecule has 2 aromatic carbocycles. The molecule has 3 rings (SSSR count). The lowest BCUT2D eigenvalue weighted by Gasteiger charge is -2.36. The summed E-state index contributed by atoms with van der Waals surface area (Å²) in [5, 5.41) is 0. The molecule has 1 amide bonds. The number of para-hydroxylation sites is 1. The summed E-state index contributed by atoms with van der Waals surface area (Å²) in [6, 6.07) is 15.4. The first-order valence-electron chi connectivity index (χ1n) is 9.55. The highest BCUT2D eigenvalue weighted by molar-refractivity contribution is 5.81. The predicted molar refractivity (Wildman–Crippen MR) is 109 cm³/mol. The molecule has 2 aromatic rings. The number of rotatable bonds is 7. The zero-order valence-corrected chi connectivity index (χ0v) is 16.8. The average molecular weight is 398 g/mol. The van der Waals surface area contributed by atoms with Crippen LogP contribution in [0.5, 0.6) is 11.5 Å². The highest BCUT2D eigenvalue weighted by Crippen LogP contribution is 2.27. The maximum Gasteiger partial charge on any atom is 0.310 e. The minimum Gasteiger partial charge on any atom is -0.493 e. The molecule has 1 saturated heterocycles. The number of carbonyl (C=O) groups is 2. The number of amides is 1. The lowest BCUT2D eigenvalue weighted by Crippen LogP contribution is -2.49. The smallest absolute Gasteiger partial charge is 0.310 e. The van der Waals surface area contributed by atoms with E-state index in [0.717, 1.165) is 24.3 Å². The van der Waals surface area contributed by atoms with Crippen LogP contribution in [-0.4, -0.2) is 63.8 Å². The van der Waals surface area contributed by atoms with E-state index in [1.165, 1.54) is 7.11 Å². The van der Waals surface area contributed by atoms with Crippen LogP contribution in [0.15, 0.2) is 48.5 Å². The minimum absolute atomic E-state index is 0.0649. The summed E-state index contributed by atoms with van der Waals surface area (Å²) in [5.41, 5.74) is 1.89. The van der Waals surface area contributed by atoms with Gasteiger partial charge in [-0.3, -0.25) is 9.59 Å². The SMILES string of the molecule is COc1ccc(CC(=O)OCC(=O)N2CCN(c3ccccc3)CC2)cc1OC. The molecule has 0 spiro atoms. The van der Waals surface area contributed by atoms with E-state index in [9.17, 15) is 9.59 Å². The lowest BCUT2D eigenvalue weighted by molar-refractivity contribution is -0.151. The first kappa shape index (κ1) is 20.5. The fourth-order valence-electron chi connectivity index (χ4n) is 3.29. The van der Waals surface area contributed by atoms with Crippen LogP contribution >= 0.6 is 0 Å². The van der Waals surface area contributed by atoms with Gasteiger partial charge in [0.05, 0.1) is 20.6 Å². The first-order valence-corrected chi connectivity index (χ1v) is 9.55. The molecule has 0 N–H and O–H groups in total. The second-order valence-electron chi connectivity index (χ2n) is 6.73. The molecule has 29 heavy (non-hydrogen) atoms. The fraction of sp³-hybridized carbons (Fsp3) is 0.364. The van der Waals surface area contributed by atoms with Crippen molar-refractivity contribution in [2.75, 3.05) is 51.9 Å². The van der Waals surface area contributed by atoms with E-state index in [4.69, 9.17) is 14.2 Å². The quantitative estimate of drug-likeness (QED) is 0.666. The van der Waals surface area contributed by atoms with Gasteiger partial charge >= 0.3 is 5.97 Å². The molecule has 1 aliphatic heterocycles. The maximum absolute atomic E-state index is 12.4. The summed E-state index contributed by atoms with van der Waals surface area (Å²) in [5.74, 6) is 0.520. The summed E-state index contributed by atoms with van der Waals surface area (Å²) < 4.78 is 15.6. The van der Waals surface area contributed by atoms with Gasteiger partial charge in [0.1, 0.15) is 0 Å². The largest absolute Gasteiger partial charge is 0.493 e. The molecule has 0 radical (unpaired) electrons. The van der Waals surface area contributed by atoms with Crippen molar-refractivity contribution in [3.8, 4) is 11.5 Å². The van der Waals surface area contributed by atoms with Crippen LogP contribution in [0.4, 0.5) is 5.69 Å². The van der Waals surface area contributed by atoms with Gasteiger partial charge in [-0.2, -0.15) is 0 Å². The standard InChI is InChI=1S/C22H26N2O5/c1-27-19-9-8-17(14-20(19)28-2)15-22(26)29-16-21(25)24-12-10-23(11-13-24)18-6-4-3-5-7-18/h3-9,14H,10-13,15-16H2,1-2H3. The third-order valence-electron chi connectivity index (χ3n) is 4.91. The number of hydrogen-bond donors (Lipinski definition) is 0. The maximum atomic E-state index is 12.4. The van der Waals surface area contributed by atoms with E-state index < -0.39 is 5.97 Å². The van der Waals surface area contributed by atoms with Gasteiger partial charge in [-0.25, -0.2) is 0 Å². The van der Waals surface area contributed by atoms with Gasteiger partial charge in [-0.1, -0.05) is 24.3 Å². The molecular weight excluding hydrogens is 372 g/mol. The van der Waals surface area contributed by atoms with E-state index in [1.54, 1.807) is 30.2 Å². The predicted octanol–water partition coefficient (Wildman–Crippen LogP) is 2.14. The Morgan fingerprint density at radius 2 is 1.59 bits per heavy atom. The second kappa shape index (κ2) is 9.82. The zero-order valence-electron chi connectivity index (χ0n) is 16.8. The van der Waals surface area contributed by atoms with Crippen molar-refractivity contribution in [1.29, 1.82) is 0 Å². The van der Waals surface area contributed by atoms with Crippen LogP contribution in [0.3, 0.4) is 0 Å². The molecule has 7 nitrogen and oxygen atoms in total. The Labute approximate surface area is 170 Å². The van der Waals surface area contributed by atoms with Gasteiger partial charge in [0, 0.05) is 31.9 Å². The first-order chi connectivity index (χ1) is 14.1. The van der Waals surface area contributed by atoms with Crippen LogP contribution in [0.2, 0.25) is 0 Å². The highest BCUT2D eigenvalue weighted by Gasteiger charge is 2.22. The van der Waals surface area contributed by atoms with Crippen LogP contribution in [-0.2, 0) is 20.7 Å². The summed E-state index contributed by atoms with van der Waals surface area (Å²) in [6.07, 6.45) is 0.0649. The van der Waals surface area contributed by atoms with Gasteiger partial charge in [-0.15, -0.1) is 0 Å². The molecule has 1 heterocycles. The number of anilines is 1. The molecule has 0 aromatic heterocycles. The van der Waals surface area contributed by atoms with Crippen molar-refractivity contribution < 1.29 is 23.8 Å². The second-order valence-corrected chi connectivity index (χ2v) is 6.73. The summed E-state index contributed by atoms with van der Waals surface area (Å²) in [4.78, 5) is 28.5. The molecular formula is C22H26N2O5. The Balaban J connectivity index is 1.44. The van der Waals surface area contributed by atoms with E-state index in [-0.39, 0.29) is 18.9 Å². The number of ether oxygens (including phenoxy) is 3. The molecule has 1 fully saturated rings. The molecule has 1 aliphatic rings. The van der Waals surface area contributed by atoms with Crippen LogP contribution < -0.4 is 14.4 Å². The normalized spacial score (nSPS) is 13.7. The van der Waals surface area contributed by atoms with Crippen molar-refractivity contribution in [2.45, 2.75) is 6.42 Å². The number of benzene rings is 2. The van der Waals surface area contributed by atoms with Crippen molar-refractivity contribution in [3.05, 3.63) is 54.1 Å². The highest BCUT2D eigenvalue weighted by atomic mass is 16.5. The topological polar surface area (TPSA) is 68.3 Å². The molecule has 0 aliphatic carbocycles. The molecule has 0 saturated carbocycles. The van der Waals surface area contributed by atoms with Crippen molar-refractivity contribution in [1.82, 2.24) is 4.90 Å². The van der Waals surface area contributed by atoms with Gasteiger partial charge in [-0.05, 0) is 29.8 Å². The van der Waals surface area contributed by atoms with Crippen molar-refractivity contribution in [2.24, 2.45) is 0 Å². The van der Waals surface area contributed by atoms with Crippen LogP contribution in [0, 0.1) is 0 Å². The van der Waals surface area contributed by atoms with Crippen molar-refractivity contribution in [3.63, 3.8) is 0 Å². The third kappa shape index (κ3) is 5.40. The Kier molecular flexibility index (Phi) is 6.94. The Morgan fingerprint density at radius 1 is 0.897 bits per heavy atom. The number of esters is 1. The molecule has 0 unspecified atom stereocenters. The van der Waals surface area contributed by atoms with Gasteiger partial charge in [0.15, 0.2) is 18.1 Å². The number of piperazine rings is 1. The Hall–Kier alpha value is -3.22. The summed E-state index contributed by atoms with van der Waals surface area (Å²) in [6.45, 7) is 2.50. The number of carbonyl (C=O) groups excluding carboxylic acids is 2. The van der Waals surface area contributed by atoms with Gasteiger partial charge < -0.3 is 24.0 Å². The minimum atomic E-state index is -0.450. The molecule has 0 bridgehead atoms. The third-order valence-corrected chi connectivity index (χ3v) is 4.91. The number of hydrogen-bond acceptors (Lipinski definition) is 6. The molecule has 0 atom stereocenters. The van der Waals surface area contributed by atoms with Crippen LogP contribution in [0.1, 0.15) is 5.56 Å². The van der Waals surface area contributed by atoms with Gasteiger partial charge in [0.25, 0.3) is 5.91 Å². The number of methoxy groups -OCH3 is 2. The summed E-state index contributed by atoms with van der Waals surface area (Å²) in [7, 11) is 3.09. The van der Waals surface area contributed by atoms with Crippen LogP contribution in [0.25, 0.3) is 0 Å². The van der Waals surface area contributed by atoms with E-state index in [1.807, 2.05) is 18.2 Å². The Morgan fingerprint density at radius 3 is 2.24 bits per heavy atom. The monoisotopic (exact) mass is 398 g/mol. The number of nitrogens with zero attached hydrogens (tertiary/aromatic N) is 2. The van der Waals surface area contributed by atoms with E-state index in [2.05, 4.69) is 17.0 Å². The van der Waals surface area contributed by atoms with E-state index in [0.29, 0.717) is 24.6 Å².